The first-order valence-electron chi connectivity index (χ1n) is 8.14. The lowest BCUT2D eigenvalue weighted by atomic mass is 9.96. The van der Waals surface area contributed by atoms with Gasteiger partial charge in [-0.15, -0.1) is 0 Å². The molecule has 0 heterocycles. The van der Waals surface area contributed by atoms with Crippen molar-refractivity contribution in [3.8, 4) is 5.75 Å². The third-order valence-corrected chi connectivity index (χ3v) is 3.73. The Hall–Kier alpha value is -3.61. The number of alkyl carbamates (subject to hydrolysis) is 1. The average molecular weight is 369 g/mol. The molecule has 2 aromatic carbocycles. The van der Waals surface area contributed by atoms with E-state index in [1.807, 2.05) is 0 Å². The molecule has 0 aliphatic heterocycles. The molecule has 2 aromatic rings. The number of aromatic hydroxyl groups is 1. The van der Waals surface area contributed by atoms with Gasteiger partial charge in [-0.3, -0.25) is 10.1 Å². The van der Waals surface area contributed by atoms with Crippen LogP contribution in [-0.2, 0) is 9.53 Å². The number of hydrogen-bond acceptors (Lipinski definition) is 5. The Morgan fingerprint density at radius 3 is 2.26 bits per heavy atom. The number of carbonyl (C=O) groups is 3. The molecule has 2 atom stereocenters. The van der Waals surface area contributed by atoms with Crippen molar-refractivity contribution in [1.82, 2.24) is 5.32 Å². The maximum absolute atomic E-state index is 12.2. The first kappa shape index (κ1) is 19.7. The molecule has 0 aliphatic carbocycles. The number of imide groups is 1. The zero-order valence-electron chi connectivity index (χ0n) is 14.5. The van der Waals surface area contributed by atoms with E-state index in [1.165, 1.54) is 18.2 Å². The van der Waals surface area contributed by atoms with Crippen molar-refractivity contribution in [3.05, 3.63) is 77.9 Å². The van der Waals surface area contributed by atoms with Gasteiger partial charge in [-0.2, -0.15) is 0 Å². The molecule has 0 saturated heterocycles. The van der Waals surface area contributed by atoms with Crippen LogP contribution in [-0.4, -0.2) is 28.2 Å². The molecule has 27 heavy (non-hydrogen) atoms. The first-order chi connectivity index (χ1) is 12.9. The molecule has 140 valence electrons. The summed E-state index contributed by atoms with van der Waals surface area (Å²) in [5.74, 6) is -2.20. The number of aliphatic carboxylic acids is 1. The largest absolute Gasteiger partial charge is 0.508 e. The number of carboxylic acids is 1. The SMILES string of the molecule is C[C@H](/C=C/C(=O)O)[C@@H](OC(=O)NC(=O)c1ccccc1)c1ccc(O)cc1. The zero-order valence-corrected chi connectivity index (χ0v) is 14.5. The van der Waals surface area contributed by atoms with Crippen molar-refractivity contribution >= 4 is 18.0 Å². The van der Waals surface area contributed by atoms with Gasteiger partial charge >= 0.3 is 12.1 Å². The van der Waals surface area contributed by atoms with Crippen LogP contribution >= 0.6 is 0 Å². The van der Waals surface area contributed by atoms with Gasteiger partial charge in [0, 0.05) is 17.6 Å². The van der Waals surface area contributed by atoms with Crippen molar-refractivity contribution in [3.63, 3.8) is 0 Å². The van der Waals surface area contributed by atoms with Crippen LogP contribution in [0.4, 0.5) is 4.79 Å². The van der Waals surface area contributed by atoms with Gasteiger partial charge in [-0.1, -0.05) is 43.3 Å². The van der Waals surface area contributed by atoms with E-state index in [0.29, 0.717) is 11.1 Å². The number of benzene rings is 2. The number of hydrogen-bond donors (Lipinski definition) is 3. The summed E-state index contributed by atoms with van der Waals surface area (Å²) >= 11 is 0. The van der Waals surface area contributed by atoms with Crippen LogP contribution in [0.1, 0.15) is 28.9 Å². The fourth-order valence-electron chi connectivity index (χ4n) is 2.38. The van der Waals surface area contributed by atoms with Gasteiger partial charge in [0.25, 0.3) is 5.91 Å². The lowest BCUT2D eigenvalue weighted by molar-refractivity contribution is -0.131. The molecular formula is C20H19NO6. The molecular weight excluding hydrogens is 350 g/mol. The smallest absolute Gasteiger partial charge is 0.414 e. The minimum Gasteiger partial charge on any atom is -0.508 e. The van der Waals surface area contributed by atoms with Crippen molar-refractivity contribution in [1.29, 1.82) is 0 Å². The molecule has 0 spiro atoms. The van der Waals surface area contributed by atoms with E-state index >= 15 is 0 Å². The van der Waals surface area contributed by atoms with Crippen LogP contribution in [0, 0.1) is 5.92 Å². The van der Waals surface area contributed by atoms with Crippen LogP contribution in [0.3, 0.4) is 0 Å². The van der Waals surface area contributed by atoms with Crippen molar-refractivity contribution in [2.24, 2.45) is 5.92 Å². The van der Waals surface area contributed by atoms with Crippen molar-refractivity contribution in [2.45, 2.75) is 13.0 Å². The molecule has 2 amide bonds. The number of phenolic OH excluding ortho intramolecular Hbond substituents is 1. The monoisotopic (exact) mass is 369 g/mol. The highest BCUT2D eigenvalue weighted by Crippen LogP contribution is 2.28. The van der Waals surface area contributed by atoms with Gasteiger partial charge in [0.05, 0.1) is 0 Å². The standard InChI is InChI=1S/C20H19NO6/c1-13(7-12-17(23)24)18(14-8-10-16(22)11-9-14)27-20(26)21-19(25)15-5-3-2-4-6-15/h2-13,18,22H,1H3,(H,23,24)(H,21,25,26)/b12-7+/t13-,18-/m1/s1. The number of phenols is 1. The number of ether oxygens (including phenoxy) is 1. The van der Waals surface area contributed by atoms with Crippen LogP contribution in [0.2, 0.25) is 0 Å². The molecule has 0 radical (unpaired) electrons. The van der Waals surface area contributed by atoms with Crippen LogP contribution in [0.15, 0.2) is 66.7 Å². The van der Waals surface area contributed by atoms with Gasteiger partial charge in [0.2, 0.25) is 0 Å². The molecule has 0 bridgehead atoms. The Labute approximate surface area is 155 Å². The van der Waals surface area contributed by atoms with E-state index in [-0.39, 0.29) is 5.75 Å². The highest BCUT2D eigenvalue weighted by Gasteiger charge is 2.23. The zero-order chi connectivity index (χ0) is 19.8. The summed E-state index contributed by atoms with van der Waals surface area (Å²) in [4.78, 5) is 35.0. The van der Waals surface area contributed by atoms with Gasteiger partial charge in [0.15, 0.2) is 0 Å². The lowest BCUT2D eigenvalue weighted by Gasteiger charge is -2.22. The fraction of sp³-hybridized carbons (Fsp3) is 0.150. The minimum atomic E-state index is -1.13. The molecule has 0 unspecified atom stereocenters. The Morgan fingerprint density at radius 1 is 1.04 bits per heavy atom. The number of carboxylic acid groups (broad SMARTS) is 1. The Balaban J connectivity index is 2.15. The highest BCUT2D eigenvalue weighted by molar-refractivity contribution is 6.02. The first-order valence-corrected chi connectivity index (χ1v) is 8.14. The Kier molecular flexibility index (Phi) is 6.71. The van der Waals surface area contributed by atoms with E-state index in [4.69, 9.17) is 9.84 Å². The summed E-state index contributed by atoms with van der Waals surface area (Å²) in [6.45, 7) is 1.67. The summed E-state index contributed by atoms with van der Waals surface area (Å²) in [5, 5.41) is 20.4. The highest BCUT2D eigenvalue weighted by atomic mass is 16.6. The van der Waals surface area contributed by atoms with Gasteiger partial charge in [-0.05, 0) is 29.8 Å². The van der Waals surface area contributed by atoms with E-state index in [1.54, 1.807) is 49.4 Å². The molecule has 2 rings (SSSR count). The van der Waals surface area contributed by atoms with Crippen LogP contribution < -0.4 is 5.32 Å². The van der Waals surface area contributed by atoms with E-state index < -0.39 is 30.0 Å². The summed E-state index contributed by atoms with van der Waals surface area (Å²) in [6.07, 6.45) is 0.517. The van der Waals surface area contributed by atoms with Crippen molar-refractivity contribution < 1.29 is 29.3 Å². The summed E-state index contributed by atoms with van der Waals surface area (Å²) in [6, 6.07) is 14.1. The topological polar surface area (TPSA) is 113 Å². The molecule has 7 heteroatoms. The number of carbonyl (C=O) groups excluding carboxylic acids is 2. The predicted octanol–water partition coefficient (Wildman–Crippen LogP) is 3.28. The second-order valence-electron chi connectivity index (χ2n) is 5.79. The third-order valence-electron chi connectivity index (χ3n) is 3.73. The molecule has 0 saturated carbocycles. The number of nitrogens with one attached hydrogen (secondary N) is 1. The van der Waals surface area contributed by atoms with E-state index in [0.717, 1.165) is 6.08 Å². The Morgan fingerprint density at radius 2 is 1.67 bits per heavy atom. The maximum atomic E-state index is 12.2. The second-order valence-corrected chi connectivity index (χ2v) is 5.79. The number of rotatable bonds is 6. The number of amides is 2. The Bertz CT molecular complexity index is 829. The molecule has 0 fully saturated rings. The van der Waals surface area contributed by atoms with Crippen LogP contribution in [0.5, 0.6) is 5.75 Å². The van der Waals surface area contributed by atoms with Gasteiger partial charge in [-0.25, -0.2) is 9.59 Å². The third kappa shape index (κ3) is 6.00. The summed E-state index contributed by atoms with van der Waals surface area (Å²) in [7, 11) is 0. The normalized spacial score (nSPS) is 12.9. The molecule has 0 aliphatic rings. The lowest BCUT2D eigenvalue weighted by Crippen LogP contribution is -2.33. The average Bonchev–Trinajstić information content (AvgIpc) is 2.65. The minimum absolute atomic E-state index is 0.0370. The molecule has 0 aromatic heterocycles. The quantitative estimate of drug-likeness (QED) is 0.674. The molecule has 7 nitrogen and oxygen atoms in total. The van der Waals surface area contributed by atoms with Crippen molar-refractivity contribution in [2.75, 3.05) is 0 Å². The van der Waals surface area contributed by atoms with Gasteiger partial charge < -0.3 is 14.9 Å². The van der Waals surface area contributed by atoms with Gasteiger partial charge in [0.1, 0.15) is 11.9 Å². The fourth-order valence-corrected chi connectivity index (χ4v) is 2.38. The van der Waals surface area contributed by atoms with Crippen LogP contribution in [0.25, 0.3) is 0 Å². The van der Waals surface area contributed by atoms with E-state index in [2.05, 4.69) is 5.32 Å². The summed E-state index contributed by atoms with van der Waals surface area (Å²) < 4.78 is 5.37. The molecule has 3 N–H and O–H groups in total. The van der Waals surface area contributed by atoms with E-state index in [9.17, 15) is 19.5 Å². The predicted molar refractivity (Wildman–Crippen MR) is 97.2 cm³/mol. The summed E-state index contributed by atoms with van der Waals surface area (Å²) in [5.41, 5.74) is 0.840. The maximum Gasteiger partial charge on any atom is 0.414 e. The second kappa shape index (κ2) is 9.19.